The van der Waals surface area contributed by atoms with Gasteiger partial charge in [-0.25, -0.2) is 4.79 Å². The number of aliphatic carboxylic acids is 1. The molecule has 0 unspecified atom stereocenters. The fourth-order valence-corrected chi connectivity index (χ4v) is 2.00. The highest BCUT2D eigenvalue weighted by atomic mass is 32.2. The smallest absolute Gasteiger partial charge is 0.321 e. The third kappa shape index (κ3) is 5.21. The van der Waals surface area contributed by atoms with Crippen molar-refractivity contribution in [3.05, 3.63) is 24.3 Å². The fraction of sp³-hybridized carbons (Fsp3) is 0.385. The third-order valence-electron chi connectivity index (χ3n) is 2.59. The molecular weight excluding hydrogens is 264 g/mol. The number of carboxylic acid groups (broad SMARTS) is 1. The van der Waals surface area contributed by atoms with E-state index in [2.05, 4.69) is 5.32 Å². The number of urea groups is 1. The molecule has 0 fully saturated rings. The van der Waals surface area contributed by atoms with Crippen LogP contribution in [0.3, 0.4) is 0 Å². The summed E-state index contributed by atoms with van der Waals surface area (Å²) in [5.74, 6) is -0.907. The Morgan fingerprint density at radius 1 is 1.42 bits per heavy atom. The molecule has 0 saturated heterocycles. The van der Waals surface area contributed by atoms with Crippen LogP contribution in [0.15, 0.2) is 29.2 Å². The molecule has 104 valence electrons. The van der Waals surface area contributed by atoms with Gasteiger partial charge in [0.05, 0.1) is 6.42 Å². The first-order valence-corrected chi connectivity index (χ1v) is 7.21. The van der Waals surface area contributed by atoms with E-state index in [-0.39, 0.29) is 19.0 Å². The predicted molar refractivity (Wildman–Crippen MR) is 76.7 cm³/mol. The zero-order valence-electron chi connectivity index (χ0n) is 11.0. The van der Waals surface area contributed by atoms with Gasteiger partial charge in [0.25, 0.3) is 0 Å². The van der Waals surface area contributed by atoms with Crippen molar-refractivity contribution in [1.82, 2.24) is 4.90 Å². The second-order valence-electron chi connectivity index (χ2n) is 3.89. The Kier molecular flexibility index (Phi) is 6.21. The number of carboxylic acids is 1. The Labute approximate surface area is 117 Å². The minimum absolute atomic E-state index is 0.0495. The van der Waals surface area contributed by atoms with Crippen molar-refractivity contribution in [2.24, 2.45) is 0 Å². The van der Waals surface area contributed by atoms with E-state index in [1.165, 1.54) is 4.90 Å². The summed E-state index contributed by atoms with van der Waals surface area (Å²) < 4.78 is 0. The zero-order valence-corrected chi connectivity index (χ0v) is 11.9. The number of carbonyl (C=O) groups excluding carboxylic acids is 1. The minimum Gasteiger partial charge on any atom is -0.481 e. The van der Waals surface area contributed by atoms with Crippen LogP contribution in [0.4, 0.5) is 10.5 Å². The molecule has 5 nitrogen and oxygen atoms in total. The van der Waals surface area contributed by atoms with Crippen LogP contribution in [-0.4, -0.2) is 41.4 Å². The molecule has 0 aliphatic rings. The number of amides is 2. The molecule has 0 aliphatic heterocycles. The SMILES string of the molecule is CCN(CCC(=O)O)C(=O)Nc1cccc(SC)c1. The molecule has 1 rings (SSSR count). The van der Waals surface area contributed by atoms with Crippen LogP contribution in [0.25, 0.3) is 0 Å². The van der Waals surface area contributed by atoms with Gasteiger partial charge in [-0.15, -0.1) is 11.8 Å². The van der Waals surface area contributed by atoms with Gasteiger partial charge in [0.2, 0.25) is 0 Å². The standard InChI is InChI=1S/C13H18N2O3S/c1-3-15(8-7-12(16)17)13(18)14-10-5-4-6-11(9-10)19-2/h4-6,9H,3,7-8H2,1-2H3,(H,14,18)(H,16,17). The van der Waals surface area contributed by atoms with Crippen molar-refractivity contribution in [2.45, 2.75) is 18.2 Å². The second kappa shape index (κ2) is 7.68. The number of hydrogen-bond donors (Lipinski definition) is 2. The highest BCUT2D eigenvalue weighted by Gasteiger charge is 2.13. The molecule has 1 aromatic rings. The van der Waals surface area contributed by atoms with Gasteiger partial charge in [0, 0.05) is 23.7 Å². The lowest BCUT2D eigenvalue weighted by molar-refractivity contribution is -0.137. The summed E-state index contributed by atoms with van der Waals surface area (Å²) in [5.41, 5.74) is 0.714. The molecule has 1 aromatic carbocycles. The maximum atomic E-state index is 12.0. The normalized spacial score (nSPS) is 10.0. The monoisotopic (exact) mass is 282 g/mol. The molecule has 2 N–H and O–H groups in total. The Morgan fingerprint density at radius 2 is 2.16 bits per heavy atom. The molecule has 2 amide bonds. The highest BCUT2D eigenvalue weighted by Crippen LogP contribution is 2.19. The van der Waals surface area contributed by atoms with Crippen LogP contribution in [0.2, 0.25) is 0 Å². The largest absolute Gasteiger partial charge is 0.481 e. The summed E-state index contributed by atoms with van der Waals surface area (Å²) >= 11 is 1.60. The molecule has 0 aliphatic carbocycles. The van der Waals surface area contributed by atoms with E-state index in [0.29, 0.717) is 12.2 Å². The van der Waals surface area contributed by atoms with Gasteiger partial charge >= 0.3 is 12.0 Å². The molecule has 0 saturated carbocycles. The summed E-state index contributed by atoms with van der Waals surface area (Å²) in [7, 11) is 0. The number of anilines is 1. The first-order chi connectivity index (χ1) is 9.06. The molecule has 0 atom stereocenters. The Balaban J connectivity index is 2.62. The topological polar surface area (TPSA) is 69.6 Å². The minimum atomic E-state index is -0.907. The summed E-state index contributed by atoms with van der Waals surface area (Å²) in [4.78, 5) is 25.0. The van der Waals surface area contributed by atoms with E-state index in [0.717, 1.165) is 4.90 Å². The van der Waals surface area contributed by atoms with Gasteiger partial charge in [-0.1, -0.05) is 6.07 Å². The van der Waals surface area contributed by atoms with Crippen LogP contribution < -0.4 is 5.32 Å². The van der Waals surface area contributed by atoms with E-state index in [4.69, 9.17) is 5.11 Å². The number of carbonyl (C=O) groups is 2. The molecule has 0 spiro atoms. The molecule has 0 radical (unpaired) electrons. The number of rotatable bonds is 6. The van der Waals surface area contributed by atoms with Crippen LogP contribution in [0, 0.1) is 0 Å². The van der Waals surface area contributed by atoms with Crippen molar-refractivity contribution in [3.8, 4) is 0 Å². The molecule has 0 bridgehead atoms. The first kappa shape index (κ1) is 15.4. The van der Waals surface area contributed by atoms with E-state index < -0.39 is 5.97 Å². The Bertz CT molecular complexity index is 451. The Morgan fingerprint density at radius 3 is 2.74 bits per heavy atom. The predicted octanol–water partition coefficient (Wildman–Crippen LogP) is 2.74. The molecular formula is C13H18N2O3S. The number of nitrogens with one attached hydrogen (secondary N) is 1. The van der Waals surface area contributed by atoms with E-state index in [9.17, 15) is 9.59 Å². The van der Waals surface area contributed by atoms with E-state index in [1.807, 2.05) is 37.4 Å². The molecule has 0 heterocycles. The van der Waals surface area contributed by atoms with E-state index >= 15 is 0 Å². The second-order valence-corrected chi connectivity index (χ2v) is 4.77. The van der Waals surface area contributed by atoms with Gasteiger partial charge < -0.3 is 15.3 Å². The summed E-state index contributed by atoms with van der Waals surface area (Å²) in [5, 5.41) is 11.4. The fourth-order valence-electron chi connectivity index (χ4n) is 1.54. The van der Waals surface area contributed by atoms with Crippen molar-refractivity contribution in [2.75, 3.05) is 24.7 Å². The number of benzene rings is 1. The van der Waals surface area contributed by atoms with Crippen molar-refractivity contribution in [1.29, 1.82) is 0 Å². The number of nitrogens with zero attached hydrogens (tertiary/aromatic N) is 1. The van der Waals surface area contributed by atoms with Crippen LogP contribution >= 0.6 is 11.8 Å². The quantitative estimate of drug-likeness (QED) is 0.787. The van der Waals surface area contributed by atoms with Crippen molar-refractivity contribution in [3.63, 3.8) is 0 Å². The van der Waals surface area contributed by atoms with Crippen molar-refractivity contribution >= 4 is 29.4 Å². The number of hydrogen-bond acceptors (Lipinski definition) is 3. The third-order valence-corrected chi connectivity index (χ3v) is 3.31. The summed E-state index contributed by atoms with van der Waals surface area (Å²) in [6.45, 7) is 2.50. The van der Waals surface area contributed by atoms with E-state index in [1.54, 1.807) is 11.8 Å². The highest BCUT2D eigenvalue weighted by molar-refractivity contribution is 7.98. The van der Waals surface area contributed by atoms with Gasteiger partial charge in [-0.3, -0.25) is 4.79 Å². The lowest BCUT2D eigenvalue weighted by Crippen LogP contribution is -2.36. The lowest BCUT2D eigenvalue weighted by atomic mass is 10.3. The van der Waals surface area contributed by atoms with Crippen LogP contribution in [-0.2, 0) is 4.79 Å². The van der Waals surface area contributed by atoms with Gasteiger partial charge in [-0.2, -0.15) is 0 Å². The van der Waals surface area contributed by atoms with Gasteiger partial charge in [0.1, 0.15) is 0 Å². The average molecular weight is 282 g/mol. The lowest BCUT2D eigenvalue weighted by Gasteiger charge is -2.20. The van der Waals surface area contributed by atoms with Crippen LogP contribution in [0.1, 0.15) is 13.3 Å². The number of thioether (sulfide) groups is 1. The summed E-state index contributed by atoms with van der Waals surface area (Å²) in [6.07, 6.45) is 1.91. The molecule has 0 aromatic heterocycles. The maximum Gasteiger partial charge on any atom is 0.321 e. The molecule has 19 heavy (non-hydrogen) atoms. The van der Waals surface area contributed by atoms with Crippen LogP contribution in [0.5, 0.6) is 0 Å². The van der Waals surface area contributed by atoms with Gasteiger partial charge in [-0.05, 0) is 31.4 Å². The van der Waals surface area contributed by atoms with Crippen molar-refractivity contribution < 1.29 is 14.7 Å². The zero-order chi connectivity index (χ0) is 14.3. The maximum absolute atomic E-state index is 12.0. The Hall–Kier alpha value is -1.69. The summed E-state index contributed by atoms with van der Waals surface area (Å²) in [6, 6.07) is 7.25. The molecule has 6 heteroatoms. The first-order valence-electron chi connectivity index (χ1n) is 5.98. The average Bonchev–Trinajstić information content (AvgIpc) is 2.39. The van der Waals surface area contributed by atoms with Gasteiger partial charge in [0.15, 0.2) is 0 Å².